The third-order valence-electron chi connectivity index (χ3n) is 23.8. The molecule has 14 heteroatoms. The summed E-state index contributed by atoms with van der Waals surface area (Å²) in [5.41, 5.74) is -4.64. The Morgan fingerprint density at radius 2 is 0.819 bits per heavy atom. The highest BCUT2D eigenvalue weighted by Gasteiger charge is 2.73. The van der Waals surface area contributed by atoms with Gasteiger partial charge in [-0.15, -0.1) is 0 Å². The molecule has 0 heterocycles. The molecule has 0 aromatic heterocycles. The maximum absolute atomic E-state index is 14.5. The SMILES string of the molecule is CC(=O)OC[C@@]1(C(=O)F)CC[C@]2(C)C(CCC3[C@@]4(C)CC[C@H](OC(C)=O)C(C)(C)C4CC[C@]32C)C1=O.CC(=O)OC[C@@]1(C(=O)O)CC[C@]2(C)C(CCC3[C@@]4(C)CC[C@H](OC(C)=O)C(C)(C)C4CC[C@]32C)C1=O. The molecule has 13 nitrogen and oxygen atoms in total. The molecule has 0 spiro atoms. The molecule has 0 aliphatic heterocycles. The van der Waals surface area contributed by atoms with E-state index >= 15 is 0 Å². The summed E-state index contributed by atoms with van der Waals surface area (Å²) >= 11 is 0. The van der Waals surface area contributed by atoms with Crippen molar-refractivity contribution in [3.8, 4) is 0 Å². The first kappa shape index (κ1) is 56.0. The van der Waals surface area contributed by atoms with Gasteiger partial charge in [-0.25, -0.2) is 0 Å². The molecule has 8 aliphatic rings. The fourth-order valence-electron chi connectivity index (χ4n) is 19.5. The number of carboxylic acids is 1. The fraction of sp³-hybridized carbons (Fsp3) is 0.862. The second-order valence-corrected chi connectivity index (χ2v) is 27.2. The van der Waals surface area contributed by atoms with Crippen LogP contribution >= 0.6 is 0 Å². The lowest BCUT2D eigenvalue weighted by Crippen LogP contribution is -2.68. The number of halogens is 1. The number of fused-ring (bicyclic) bond motifs is 10. The monoisotopic (exact) mass is 1010 g/mol. The van der Waals surface area contributed by atoms with Crippen LogP contribution in [0.4, 0.5) is 4.39 Å². The Bertz CT molecular complexity index is 2100. The Hall–Kier alpha value is -3.71. The Kier molecular flexibility index (Phi) is 14.4. The first-order valence-corrected chi connectivity index (χ1v) is 27.3. The van der Waals surface area contributed by atoms with Crippen molar-refractivity contribution < 1.29 is 66.8 Å². The molecule has 6 unspecified atom stereocenters. The largest absolute Gasteiger partial charge is 0.480 e. The van der Waals surface area contributed by atoms with E-state index in [0.29, 0.717) is 49.4 Å². The second-order valence-electron chi connectivity index (χ2n) is 27.2. The fourth-order valence-corrected chi connectivity index (χ4v) is 19.5. The van der Waals surface area contributed by atoms with Crippen LogP contribution in [-0.4, -0.2) is 78.0 Å². The summed E-state index contributed by atoms with van der Waals surface area (Å²) in [6, 6.07) is -1.68. The molecule has 404 valence electrons. The molecule has 0 aromatic carbocycles. The number of aliphatic carboxylic acids is 1. The van der Waals surface area contributed by atoms with Crippen LogP contribution in [-0.2, 0) is 57.3 Å². The van der Waals surface area contributed by atoms with E-state index in [1.165, 1.54) is 27.7 Å². The van der Waals surface area contributed by atoms with Gasteiger partial charge in [0.25, 0.3) is 0 Å². The molecule has 8 saturated carbocycles. The van der Waals surface area contributed by atoms with Gasteiger partial charge in [-0.2, -0.15) is 4.39 Å². The lowest BCUT2D eigenvalue weighted by Gasteiger charge is -2.71. The molecular weight excluding hydrogens is 924 g/mol. The van der Waals surface area contributed by atoms with Crippen LogP contribution < -0.4 is 0 Å². The number of esters is 4. The van der Waals surface area contributed by atoms with Crippen molar-refractivity contribution in [2.24, 2.45) is 89.7 Å². The average molecular weight is 1010 g/mol. The quantitative estimate of drug-likeness (QED) is 0.105. The first-order valence-electron chi connectivity index (χ1n) is 27.3. The molecule has 0 amide bonds. The smallest absolute Gasteiger partial charge is 0.320 e. The summed E-state index contributed by atoms with van der Waals surface area (Å²) in [7, 11) is 0. The van der Waals surface area contributed by atoms with Crippen molar-refractivity contribution in [1.29, 1.82) is 0 Å². The van der Waals surface area contributed by atoms with Gasteiger partial charge >= 0.3 is 35.9 Å². The standard InChI is InChI=1S/C29H43FO6.C29H44O7/c1-17(31)35-16-29(24(30)34)15-14-27(6)19(23(29)33)8-9-21-26(5)12-11-22(36-18(2)32)25(3,4)20(26)10-13-28(21,27)7;1-17(30)35-16-29(24(33)34)15-14-27(6)19(23(29)32)8-9-21-26(5)12-11-22(36-18(2)31)25(3,4)20(26)10-13-28(21,27)7/h19-22H,8-16H2,1-7H3;19-22H,8-16H2,1-7H3,(H,33,34)/t2*19?,20?,21?,22-,26-,27+,28+,29-/m00/s1. The average Bonchev–Trinajstić information content (AvgIpc) is 3.26. The molecule has 8 fully saturated rings. The van der Waals surface area contributed by atoms with E-state index in [2.05, 4.69) is 69.2 Å². The van der Waals surface area contributed by atoms with E-state index in [0.717, 1.165) is 64.2 Å². The summed E-state index contributed by atoms with van der Waals surface area (Å²) < 4.78 is 36.2. The number of hydrogen-bond acceptors (Lipinski definition) is 12. The minimum atomic E-state index is -1.87. The Morgan fingerprint density at radius 3 is 1.17 bits per heavy atom. The number of carbonyl (C=O) groups excluding carboxylic acids is 7. The zero-order valence-electron chi connectivity index (χ0n) is 46.1. The summed E-state index contributed by atoms with van der Waals surface area (Å²) in [6.07, 6.45) is 11.8. The maximum atomic E-state index is 14.5. The summed E-state index contributed by atoms with van der Waals surface area (Å²) in [4.78, 5) is 99.0. The predicted molar refractivity (Wildman–Crippen MR) is 264 cm³/mol. The molecule has 0 radical (unpaired) electrons. The normalized spacial score (nSPS) is 45.5. The van der Waals surface area contributed by atoms with Gasteiger partial charge in [0, 0.05) is 50.4 Å². The molecule has 0 saturated heterocycles. The Labute approximate surface area is 427 Å². The highest BCUT2D eigenvalue weighted by atomic mass is 19.1. The number of hydrogen-bond donors (Lipinski definition) is 1. The molecule has 1 N–H and O–H groups in total. The van der Waals surface area contributed by atoms with E-state index in [9.17, 15) is 47.9 Å². The number of carbonyl (C=O) groups is 8. The second kappa shape index (κ2) is 18.5. The van der Waals surface area contributed by atoms with Gasteiger partial charge in [-0.3, -0.25) is 38.4 Å². The third-order valence-corrected chi connectivity index (χ3v) is 23.8. The summed E-state index contributed by atoms with van der Waals surface area (Å²) in [5.74, 6) is -2.67. The highest BCUT2D eigenvalue weighted by molar-refractivity contribution is 6.06. The minimum Gasteiger partial charge on any atom is -0.480 e. The van der Waals surface area contributed by atoms with E-state index in [1.54, 1.807) is 0 Å². The molecule has 0 aromatic rings. The molecule has 8 rings (SSSR count). The molecule has 72 heavy (non-hydrogen) atoms. The third kappa shape index (κ3) is 8.14. The van der Waals surface area contributed by atoms with Gasteiger partial charge < -0.3 is 24.1 Å². The lowest BCUT2D eigenvalue weighted by atomic mass is 9.33. The number of Topliss-reactive ketones (excluding diaryl/α,β-unsaturated/α-hetero) is 2. The number of ketones is 2. The topological polar surface area (TPSA) is 194 Å². The number of carboxylic acid groups (broad SMARTS) is 1. The first-order chi connectivity index (χ1) is 33.1. The number of ether oxygens (including phenoxy) is 4. The maximum Gasteiger partial charge on any atom is 0.320 e. The molecular formula is C58H87FO13. The summed E-state index contributed by atoms with van der Waals surface area (Å²) in [6.45, 7) is 27.4. The van der Waals surface area contributed by atoms with Crippen molar-refractivity contribution in [1.82, 2.24) is 0 Å². The van der Waals surface area contributed by atoms with E-state index in [-0.39, 0.29) is 104 Å². The highest BCUT2D eigenvalue weighted by Crippen LogP contribution is 2.76. The van der Waals surface area contributed by atoms with E-state index in [1.807, 2.05) is 0 Å². The Balaban J connectivity index is 0.000000211. The van der Waals surface area contributed by atoms with Gasteiger partial charge in [0.2, 0.25) is 0 Å². The van der Waals surface area contributed by atoms with Crippen LogP contribution in [0.5, 0.6) is 0 Å². The zero-order valence-corrected chi connectivity index (χ0v) is 46.1. The minimum absolute atomic E-state index is 0.0341. The molecule has 8 aliphatic carbocycles. The van der Waals surface area contributed by atoms with Gasteiger partial charge in [-0.1, -0.05) is 69.2 Å². The summed E-state index contributed by atoms with van der Waals surface area (Å²) in [5, 5.41) is 10.1. The van der Waals surface area contributed by atoms with E-state index in [4.69, 9.17) is 18.9 Å². The van der Waals surface area contributed by atoms with Crippen molar-refractivity contribution >= 4 is 47.5 Å². The van der Waals surface area contributed by atoms with Crippen LogP contribution in [0.1, 0.15) is 200 Å². The van der Waals surface area contributed by atoms with Crippen molar-refractivity contribution in [2.45, 2.75) is 212 Å². The van der Waals surface area contributed by atoms with Crippen LogP contribution in [0.25, 0.3) is 0 Å². The van der Waals surface area contributed by atoms with Crippen LogP contribution in [0, 0.1) is 89.7 Å². The van der Waals surface area contributed by atoms with Gasteiger partial charge in [-0.05, 0) is 159 Å². The van der Waals surface area contributed by atoms with Crippen molar-refractivity contribution in [3.05, 3.63) is 0 Å². The predicted octanol–water partition coefficient (Wildman–Crippen LogP) is 10.8. The Morgan fingerprint density at radius 1 is 0.458 bits per heavy atom. The van der Waals surface area contributed by atoms with Crippen molar-refractivity contribution in [2.75, 3.05) is 13.2 Å². The van der Waals surface area contributed by atoms with Crippen molar-refractivity contribution in [3.63, 3.8) is 0 Å². The van der Waals surface area contributed by atoms with Crippen LogP contribution in [0.15, 0.2) is 0 Å². The van der Waals surface area contributed by atoms with Crippen LogP contribution in [0.3, 0.4) is 0 Å². The lowest BCUT2D eigenvalue weighted by molar-refractivity contribution is -0.237. The van der Waals surface area contributed by atoms with Gasteiger partial charge in [0.05, 0.1) is 0 Å². The van der Waals surface area contributed by atoms with E-state index < -0.39 is 47.3 Å². The molecule has 0 bridgehead atoms. The van der Waals surface area contributed by atoms with Gasteiger partial charge in [0.1, 0.15) is 25.4 Å². The van der Waals surface area contributed by atoms with Gasteiger partial charge in [0.15, 0.2) is 22.4 Å². The number of rotatable bonds is 8. The zero-order chi connectivity index (χ0) is 53.8. The molecule has 16 atom stereocenters. The van der Waals surface area contributed by atoms with Crippen LogP contribution in [0.2, 0.25) is 0 Å².